The lowest BCUT2D eigenvalue weighted by molar-refractivity contribution is 0.182. The minimum atomic E-state index is -0.256. The molecule has 1 fully saturated rings. The fraction of sp³-hybridized carbons (Fsp3) is 0.400. The van der Waals surface area contributed by atoms with E-state index >= 15 is 0 Å². The van der Waals surface area contributed by atoms with E-state index in [0.717, 1.165) is 24.4 Å². The van der Waals surface area contributed by atoms with E-state index in [2.05, 4.69) is 14.7 Å². The first-order chi connectivity index (χ1) is 11.1. The van der Waals surface area contributed by atoms with E-state index < -0.39 is 0 Å². The number of piperidine rings is 1. The van der Waals surface area contributed by atoms with Gasteiger partial charge >= 0.3 is 6.03 Å². The Kier molecular flexibility index (Phi) is 5.07. The first kappa shape index (κ1) is 16.1. The second-order valence-electron chi connectivity index (χ2n) is 5.55. The predicted molar refractivity (Wildman–Crippen MR) is 88.3 cm³/mol. The number of halogens is 2. The third-order valence-electron chi connectivity index (χ3n) is 4.00. The summed E-state index contributed by atoms with van der Waals surface area (Å²) in [6.07, 6.45) is 3.79. The molecule has 1 aliphatic heterocycles. The average Bonchev–Trinajstić information content (AvgIpc) is 3.04. The molecule has 3 rings (SSSR count). The molecule has 0 saturated carbocycles. The molecule has 8 heteroatoms. The van der Waals surface area contributed by atoms with E-state index in [-0.39, 0.29) is 11.8 Å². The molecule has 0 aliphatic carbocycles. The molecular weight excluding hydrogens is 339 g/mol. The highest BCUT2D eigenvalue weighted by Crippen LogP contribution is 2.24. The quantitative estimate of drug-likeness (QED) is 0.911. The topological polar surface area (TPSA) is 58.1 Å². The van der Waals surface area contributed by atoms with Crippen LogP contribution in [0.15, 0.2) is 24.5 Å². The highest BCUT2D eigenvalue weighted by molar-refractivity contribution is 7.09. The summed E-state index contributed by atoms with van der Waals surface area (Å²) >= 11 is 6.92. The van der Waals surface area contributed by atoms with E-state index in [1.54, 1.807) is 17.0 Å². The molecule has 5 nitrogen and oxygen atoms in total. The smallest absolute Gasteiger partial charge is 0.323 e. The van der Waals surface area contributed by atoms with Crippen LogP contribution in [0.1, 0.15) is 18.4 Å². The Labute approximate surface area is 142 Å². The van der Waals surface area contributed by atoms with E-state index in [4.69, 9.17) is 11.6 Å². The molecule has 0 unspecified atom stereocenters. The molecule has 2 aromatic rings. The molecule has 23 heavy (non-hydrogen) atoms. The Morgan fingerprint density at radius 2 is 2.22 bits per heavy atom. The van der Waals surface area contributed by atoms with Gasteiger partial charge in [0.05, 0.1) is 0 Å². The summed E-state index contributed by atoms with van der Waals surface area (Å²) in [5, 5.41) is 3.64. The molecule has 0 spiro atoms. The van der Waals surface area contributed by atoms with Crippen LogP contribution in [-0.4, -0.2) is 33.4 Å². The number of rotatable bonds is 3. The predicted octanol–water partition coefficient (Wildman–Crippen LogP) is 3.82. The number of hydrogen-bond acceptors (Lipinski definition) is 4. The molecule has 2 heterocycles. The van der Waals surface area contributed by atoms with Crippen molar-refractivity contribution in [3.05, 3.63) is 40.9 Å². The summed E-state index contributed by atoms with van der Waals surface area (Å²) in [5.41, 5.74) is 0.686. The lowest BCUT2D eigenvalue weighted by Crippen LogP contribution is -2.41. The van der Waals surface area contributed by atoms with Crippen LogP contribution in [0.5, 0.6) is 0 Å². The van der Waals surface area contributed by atoms with E-state index in [1.165, 1.54) is 12.4 Å². The first-order valence-electron chi connectivity index (χ1n) is 7.38. The van der Waals surface area contributed by atoms with Crippen molar-refractivity contribution in [1.29, 1.82) is 0 Å². The third kappa shape index (κ3) is 4.17. The summed E-state index contributed by atoms with van der Waals surface area (Å²) in [6.45, 7) is 1.31. The fourth-order valence-corrected chi connectivity index (χ4v) is 3.32. The van der Waals surface area contributed by atoms with Crippen molar-refractivity contribution in [1.82, 2.24) is 14.3 Å². The number of amides is 2. The van der Waals surface area contributed by atoms with Crippen LogP contribution >= 0.6 is 23.1 Å². The maximum atomic E-state index is 13.9. The van der Waals surface area contributed by atoms with Crippen molar-refractivity contribution in [3.8, 4) is 0 Å². The molecule has 122 valence electrons. The van der Waals surface area contributed by atoms with Crippen molar-refractivity contribution in [2.75, 3.05) is 18.4 Å². The van der Waals surface area contributed by atoms with Crippen molar-refractivity contribution in [2.45, 2.75) is 19.3 Å². The zero-order valence-corrected chi connectivity index (χ0v) is 13.9. The van der Waals surface area contributed by atoms with Crippen LogP contribution in [0.25, 0.3) is 0 Å². The van der Waals surface area contributed by atoms with Crippen molar-refractivity contribution < 1.29 is 9.18 Å². The van der Waals surface area contributed by atoms with E-state index in [1.807, 2.05) is 0 Å². The van der Waals surface area contributed by atoms with Gasteiger partial charge in [-0.1, -0.05) is 17.7 Å². The first-order valence-corrected chi connectivity index (χ1v) is 8.53. The minimum absolute atomic E-state index is 0.155. The number of urea groups is 1. The number of aromatic nitrogens is 2. The third-order valence-corrected chi connectivity index (χ3v) is 4.82. The van der Waals surface area contributed by atoms with Crippen LogP contribution in [0.4, 0.5) is 14.3 Å². The van der Waals surface area contributed by atoms with Crippen molar-refractivity contribution >= 4 is 34.3 Å². The molecule has 2 amide bonds. The highest BCUT2D eigenvalue weighted by atomic mass is 35.5. The number of anilines is 1. The van der Waals surface area contributed by atoms with Crippen molar-refractivity contribution in [3.63, 3.8) is 0 Å². The largest absolute Gasteiger partial charge is 0.324 e. The van der Waals surface area contributed by atoms with Crippen LogP contribution < -0.4 is 5.32 Å². The summed E-state index contributed by atoms with van der Waals surface area (Å²) in [6, 6.07) is 4.65. The number of nitrogens with one attached hydrogen (secondary N) is 1. The molecule has 1 aromatic carbocycles. The molecule has 1 aliphatic rings. The molecular formula is C15H16ClFN4OS. The van der Waals surface area contributed by atoms with Gasteiger partial charge in [0.1, 0.15) is 12.1 Å². The van der Waals surface area contributed by atoms with Crippen LogP contribution in [0, 0.1) is 11.7 Å². The molecule has 0 atom stereocenters. The summed E-state index contributed by atoms with van der Waals surface area (Å²) < 4.78 is 17.7. The van der Waals surface area contributed by atoms with Crippen LogP contribution in [0.2, 0.25) is 5.02 Å². The number of hydrogen-bond donors (Lipinski definition) is 1. The van der Waals surface area contributed by atoms with Gasteiger partial charge in [0.25, 0.3) is 0 Å². The molecule has 1 saturated heterocycles. The number of likely N-dealkylation sites (tertiary alicyclic amines) is 1. The maximum absolute atomic E-state index is 13.9. The van der Waals surface area contributed by atoms with Gasteiger partial charge in [-0.2, -0.15) is 4.37 Å². The molecule has 1 N–H and O–H groups in total. The van der Waals surface area contributed by atoms with Gasteiger partial charge in [0.15, 0.2) is 0 Å². The van der Waals surface area contributed by atoms with Crippen LogP contribution in [0.3, 0.4) is 0 Å². The minimum Gasteiger partial charge on any atom is -0.324 e. The molecule has 1 aromatic heterocycles. The molecule has 0 bridgehead atoms. The summed E-state index contributed by atoms with van der Waals surface area (Å²) in [5.74, 6) is 0.116. The highest BCUT2D eigenvalue weighted by Gasteiger charge is 2.24. The lowest BCUT2D eigenvalue weighted by atomic mass is 9.90. The van der Waals surface area contributed by atoms with E-state index in [9.17, 15) is 9.18 Å². The Balaban J connectivity index is 1.51. The summed E-state index contributed by atoms with van der Waals surface area (Å²) in [4.78, 5) is 17.8. The number of carbonyl (C=O) groups is 1. The summed E-state index contributed by atoms with van der Waals surface area (Å²) in [7, 11) is 0. The van der Waals surface area contributed by atoms with E-state index in [0.29, 0.717) is 41.1 Å². The second kappa shape index (κ2) is 7.23. The van der Waals surface area contributed by atoms with Gasteiger partial charge in [0.2, 0.25) is 5.13 Å². The van der Waals surface area contributed by atoms with Crippen LogP contribution in [-0.2, 0) is 6.42 Å². The number of nitrogens with zero attached hydrogens (tertiary/aromatic N) is 3. The monoisotopic (exact) mass is 354 g/mol. The van der Waals surface area contributed by atoms with Gasteiger partial charge in [-0.3, -0.25) is 5.32 Å². The zero-order chi connectivity index (χ0) is 16.2. The van der Waals surface area contributed by atoms with Gasteiger partial charge in [-0.25, -0.2) is 14.2 Å². The normalized spacial score (nSPS) is 15.7. The van der Waals surface area contributed by atoms with Gasteiger partial charge in [-0.15, -0.1) is 0 Å². The average molecular weight is 355 g/mol. The zero-order valence-electron chi connectivity index (χ0n) is 12.3. The Morgan fingerprint density at radius 3 is 2.87 bits per heavy atom. The standard InChI is InChI=1S/C15H16ClFN4OS/c16-12-2-1-11(13(17)8-12)7-10-3-5-21(6-4-10)15(22)20-14-18-9-19-23-14/h1-2,8-10H,3-7H2,(H,18,19,20,22). The SMILES string of the molecule is O=C(Nc1ncns1)N1CCC(Cc2ccc(Cl)cc2F)CC1. The number of benzene rings is 1. The van der Waals surface area contributed by atoms with Gasteiger partial charge in [0, 0.05) is 29.6 Å². The van der Waals surface area contributed by atoms with Gasteiger partial charge in [-0.05, 0) is 42.9 Å². The Morgan fingerprint density at radius 1 is 1.43 bits per heavy atom. The van der Waals surface area contributed by atoms with Gasteiger partial charge < -0.3 is 4.90 Å². The second-order valence-corrected chi connectivity index (χ2v) is 6.76. The Bertz CT molecular complexity index is 674. The number of carbonyl (C=O) groups excluding carboxylic acids is 1. The molecule has 0 radical (unpaired) electrons. The Hall–Kier alpha value is -1.73. The fourth-order valence-electron chi connectivity index (χ4n) is 2.74. The lowest BCUT2D eigenvalue weighted by Gasteiger charge is -2.31. The van der Waals surface area contributed by atoms with Crippen molar-refractivity contribution in [2.24, 2.45) is 5.92 Å². The maximum Gasteiger partial charge on any atom is 0.323 e.